The molecule has 1 saturated heterocycles. The summed E-state index contributed by atoms with van der Waals surface area (Å²) >= 11 is 6.48. The van der Waals surface area contributed by atoms with Crippen molar-refractivity contribution in [2.75, 3.05) is 25.5 Å². The molecular formula is C31H29ClFN3O6. The summed E-state index contributed by atoms with van der Waals surface area (Å²) < 4.78 is 29.1. The summed E-state index contributed by atoms with van der Waals surface area (Å²) in [6, 6.07) is 16.0. The highest BCUT2D eigenvalue weighted by atomic mass is 35.5. The second kappa shape index (κ2) is 11.8. The Balaban J connectivity index is 1.35. The molecule has 1 amide bonds. The van der Waals surface area contributed by atoms with Crippen LogP contribution in [0.15, 0.2) is 66.9 Å². The molecule has 1 unspecified atom stereocenters. The molecule has 0 bridgehead atoms. The SMILES string of the molecule is COc1cc(OC(F)(C(=O)Cc2ccc(NC(=O)c3cn(C)c4ccccc34)c(Cl)c2)N2CCCC2)ccc1C(=O)O. The first-order valence-corrected chi connectivity index (χ1v) is 13.7. The van der Waals surface area contributed by atoms with Crippen LogP contribution in [0, 0.1) is 0 Å². The van der Waals surface area contributed by atoms with Gasteiger partial charge in [-0.05, 0) is 48.7 Å². The molecule has 0 aliphatic carbocycles. The first-order valence-electron chi connectivity index (χ1n) is 13.3. The maximum atomic E-state index is 16.5. The predicted octanol–water partition coefficient (Wildman–Crippen LogP) is 5.70. The van der Waals surface area contributed by atoms with Gasteiger partial charge in [-0.25, -0.2) is 9.69 Å². The lowest BCUT2D eigenvalue weighted by Crippen LogP contribution is -2.55. The molecule has 5 rings (SSSR count). The van der Waals surface area contributed by atoms with Crippen LogP contribution in [0.4, 0.5) is 10.1 Å². The molecule has 2 heterocycles. The number of aromatic carboxylic acids is 1. The Hall–Kier alpha value is -4.41. The van der Waals surface area contributed by atoms with Crippen LogP contribution in [0.25, 0.3) is 10.9 Å². The van der Waals surface area contributed by atoms with Crippen molar-refractivity contribution in [3.63, 3.8) is 0 Å². The van der Waals surface area contributed by atoms with Gasteiger partial charge in [-0.3, -0.25) is 9.59 Å². The van der Waals surface area contributed by atoms with Crippen molar-refractivity contribution in [1.82, 2.24) is 9.47 Å². The van der Waals surface area contributed by atoms with E-state index in [-0.39, 0.29) is 34.4 Å². The molecule has 42 heavy (non-hydrogen) atoms. The monoisotopic (exact) mass is 593 g/mol. The van der Waals surface area contributed by atoms with Gasteiger partial charge in [0.25, 0.3) is 5.91 Å². The number of halogens is 2. The molecule has 0 spiro atoms. The number of Topliss-reactive ketones (excluding diaryl/α,β-unsaturated/α-hetero) is 1. The van der Waals surface area contributed by atoms with Crippen LogP contribution in [-0.4, -0.2) is 58.4 Å². The van der Waals surface area contributed by atoms with Crippen molar-refractivity contribution in [1.29, 1.82) is 0 Å². The van der Waals surface area contributed by atoms with Crippen LogP contribution >= 0.6 is 11.6 Å². The number of hydrogen-bond acceptors (Lipinski definition) is 6. The first-order chi connectivity index (χ1) is 20.1. The topological polar surface area (TPSA) is 110 Å². The van der Waals surface area contributed by atoms with Gasteiger partial charge >= 0.3 is 11.9 Å². The van der Waals surface area contributed by atoms with Gasteiger partial charge in [-0.2, -0.15) is 4.39 Å². The van der Waals surface area contributed by atoms with Crippen molar-refractivity contribution >= 4 is 45.9 Å². The number of benzene rings is 3. The molecule has 4 aromatic rings. The molecule has 1 atom stereocenters. The normalized spacial score (nSPS) is 14.9. The molecular weight excluding hydrogens is 565 g/mol. The van der Waals surface area contributed by atoms with E-state index in [1.54, 1.807) is 18.3 Å². The zero-order valence-electron chi connectivity index (χ0n) is 23.0. The number of carboxylic acids is 1. The number of fused-ring (bicyclic) bond motifs is 1. The van der Waals surface area contributed by atoms with Crippen LogP contribution in [0.3, 0.4) is 0 Å². The number of aryl methyl sites for hydroxylation is 1. The van der Waals surface area contributed by atoms with E-state index in [1.807, 2.05) is 35.9 Å². The van der Waals surface area contributed by atoms with Crippen molar-refractivity contribution < 1.29 is 33.4 Å². The van der Waals surface area contributed by atoms with Crippen molar-refractivity contribution in [2.24, 2.45) is 7.05 Å². The van der Waals surface area contributed by atoms with Crippen LogP contribution in [-0.2, 0) is 18.3 Å². The number of likely N-dealkylation sites (tertiary alicyclic amines) is 1. The molecule has 11 heteroatoms. The van der Waals surface area contributed by atoms with Crippen molar-refractivity contribution in [3.8, 4) is 11.5 Å². The lowest BCUT2D eigenvalue weighted by Gasteiger charge is -2.33. The van der Waals surface area contributed by atoms with Crippen molar-refractivity contribution in [3.05, 3.63) is 88.6 Å². The fourth-order valence-corrected chi connectivity index (χ4v) is 5.40. The molecule has 1 aliphatic rings. The number of carboxylic acid groups (broad SMARTS) is 1. The molecule has 1 fully saturated rings. The maximum Gasteiger partial charge on any atom is 0.371 e. The number of hydrogen-bond donors (Lipinski definition) is 2. The average molecular weight is 594 g/mol. The minimum Gasteiger partial charge on any atom is -0.496 e. The van der Waals surface area contributed by atoms with E-state index < -0.39 is 17.7 Å². The molecule has 3 aromatic carbocycles. The summed E-state index contributed by atoms with van der Waals surface area (Å²) in [5.41, 5.74) is 2.05. The van der Waals surface area contributed by atoms with E-state index in [4.69, 9.17) is 21.1 Å². The molecule has 0 saturated carbocycles. The lowest BCUT2D eigenvalue weighted by atomic mass is 10.1. The number of ketones is 1. The van der Waals surface area contributed by atoms with Gasteiger partial charge in [-0.1, -0.05) is 35.9 Å². The number of aromatic nitrogens is 1. The second-order valence-corrected chi connectivity index (χ2v) is 10.5. The largest absolute Gasteiger partial charge is 0.496 e. The third kappa shape index (κ3) is 5.68. The zero-order chi connectivity index (χ0) is 30.0. The van der Waals surface area contributed by atoms with Crippen LogP contribution in [0.5, 0.6) is 11.5 Å². The van der Waals surface area contributed by atoms with E-state index in [1.165, 1.54) is 36.3 Å². The summed E-state index contributed by atoms with van der Waals surface area (Å²) in [4.78, 5) is 39.3. The maximum absolute atomic E-state index is 16.5. The highest BCUT2D eigenvalue weighted by molar-refractivity contribution is 6.34. The minimum absolute atomic E-state index is 0.0239. The number of carbonyl (C=O) groups excluding carboxylic acids is 2. The molecule has 9 nitrogen and oxygen atoms in total. The van der Waals surface area contributed by atoms with Gasteiger partial charge in [0.05, 0.1) is 23.4 Å². The van der Waals surface area contributed by atoms with E-state index in [9.17, 15) is 19.5 Å². The number of nitrogens with one attached hydrogen (secondary N) is 1. The highest BCUT2D eigenvalue weighted by Gasteiger charge is 2.48. The lowest BCUT2D eigenvalue weighted by molar-refractivity contribution is -0.191. The number of nitrogens with zero attached hydrogens (tertiary/aromatic N) is 2. The molecule has 1 aliphatic heterocycles. The summed E-state index contributed by atoms with van der Waals surface area (Å²) in [5, 5.41) is 13.1. The third-order valence-electron chi connectivity index (χ3n) is 7.30. The minimum atomic E-state index is -2.81. The number of carbonyl (C=O) groups is 3. The van der Waals surface area contributed by atoms with E-state index >= 15 is 4.39 Å². The van der Waals surface area contributed by atoms with Gasteiger partial charge in [-0.15, -0.1) is 0 Å². The number of methoxy groups -OCH3 is 1. The molecule has 218 valence electrons. The molecule has 2 N–H and O–H groups in total. The third-order valence-corrected chi connectivity index (χ3v) is 7.61. The number of para-hydroxylation sites is 1. The Kier molecular flexibility index (Phi) is 8.20. The summed E-state index contributed by atoms with van der Waals surface area (Å²) in [6.07, 6.45) is 2.79. The number of anilines is 1. The standard InChI is InChI=1S/C31H29ClFN3O6/c1-35-18-23(21-7-3-4-8-26(21)35)29(38)34-25-12-9-19(15-24(25)32)16-28(37)31(33,36-13-5-6-14-36)42-20-10-11-22(30(39)40)27(17-20)41-2/h3-4,7-12,15,17-18H,5-6,13-14,16H2,1-2H3,(H,34,38)(H,39,40). The first kappa shape index (κ1) is 29.1. The Bertz CT molecular complexity index is 1680. The van der Waals surface area contributed by atoms with Crippen LogP contribution < -0.4 is 14.8 Å². The zero-order valence-corrected chi connectivity index (χ0v) is 23.8. The molecule has 0 radical (unpaired) electrons. The van der Waals surface area contributed by atoms with E-state index in [0.29, 0.717) is 42.7 Å². The number of rotatable bonds is 10. The summed E-state index contributed by atoms with van der Waals surface area (Å²) in [7, 11) is 3.15. The molecule has 1 aromatic heterocycles. The van der Waals surface area contributed by atoms with Crippen LogP contribution in [0.1, 0.15) is 39.1 Å². The number of amides is 1. The smallest absolute Gasteiger partial charge is 0.371 e. The van der Waals surface area contributed by atoms with Gasteiger partial charge in [0.1, 0.15) is 17.1 Å². The van der Waals surface area contributed by atoms with E-state index in [0.717, 1.165) is 10.9 Å². The van der Waals surface area contributed by atoms with Gasteiger partial charge in [0.15, 0.2) is 0 Å². The number of alkyl halides is 1. The fourth-order valence-electron chi connectivity index (χ4n) is 5.15. The van der Waals surface area contributed by atoms with Gasteiger partial charge in [0, 0.05) is 49.7 Å². The van der Waals surface area contributed by atoms with Crippen molar-refractivity contribution in [2.45, 2.75) is 25.2 Å². The number of ether oxygens (including phenoxy) is 2. The average Bonchev–Trinajstić information content (AvgIpc) is 3.63. The van der Waals surface area contributed by atoms with Crippen LogP contribution in [0.2, 0.25) is 5.02 Å². The summed E-state index contributed by atoms with van der Waals surface area (Å²) in [6.45, 7) is 0.624. The Morgan fingerprint density at radius 1 is 1.05 bits per heavy atom. The Morgan fingerprint density at radius 2 is 1.79 bits per heavy atom. The Labute approximate surface area is 246 Å². The highest BCUT2D eigenvalue weighted by Crippen LogP contribution is 2.33. The second-order valence-electron chi connectivity index (χ2n) is 10.1. The predicted molar refractivity (Wildman–Crippen MR) is 156 cm³/mol. The Morgan fingerprint density at radius 3 is 2.48 bits per heavy atom. The van der Waals surface area contributed by atoms with Gasteiger partial charge < -0.3 is 24.5 Å². The summed E-state index contributed by atoms with van der Waals surface area (Å²) in [5.74, 6) is -5.29. The quantitative estimate of drug-likeness (QED) is 0.227. The van der Waals surface area contributed by atoms with E-state index in [2.05, 4.69) is 5.32 Å². The van der Waals surface area contributed by atoms with Gasteiger partial charge in [0.2, 0.25) is 5.78 Å². The fraction of sp³-hybridized carbons (Fsp3) is 0.258.